The van der Waals surface area contributed by atoms with Gasteiger partial charge in [0.2, 0.25) is 0 Å². The molecule has 0 spiro atoms. The van der Waals surface area contributed by atoms with E-state index in [9.17, 15) is 0 Å². The van der Waals surface area contributed by atoms with E-state index in [1.165, 1.54) is 6.20 Å². The van der Waals surface area contributed by atoms with Crippen LogP contribution >= 0.6 is 0 Å². The minimum absolute atomic E-state index is 0.418. The summed E-state index contributed by atoms with van der Waals surface area (Å²) in [5, 5.41) is 0. The van der Waals surface area contributed by atoms with E-state index in [0.29, 0.717) is 5.82 Å². The van der Waals surface area contributed by atoms with Crippen LogP contribution in [0.3, 0.4) is 0 Å². The van der Waals surface area contributed by atoms with Crippen molar-refractivity contribution >= 4 is 5.82 Å². The van der Waals surface area contributed by atoms with E-state index < -0.39 is 0 Å². The number of aryl methyl sites for hydroxylation is 1. The summed E-state index contributed by atoms with van der Waals surface area (Å²) >= 11 is 0. The Morgan fingerprint density at radius 2 is 2.08 bits per heavy atom. The van der Waals surface area contributed by atoms with Gasteiger partial charge in [0, 0.05) is 12.4 Å². The minimum Gasteiger partial charge on any atom is -0.382 e. The predicted molar refractivity (Wildman–Crippen MR) is 48.3 cm³/mol. The van der Waals surface area contributed by atoms with Crippen molar-refractivity contribution in [2.24, 2.45) is 0 Å². The highest BCUT2D eigenvalue weighted by Crippen LogP contribution is 2.05. The molecule has 2 aromatic heterocycles. The SMILES string of the molecule is Cc1nccn1-c1cnc(N)cn1. The van der Waals surface area contributed by atoms with Crippen molar-refractivity contribution in [3.05, 3.63) is 30.6 Å². The molecule has 2 N–H and O–H groups in total. The molecule has 0 saturated carbocycles. The normalized spacial score (nSPS) is 10.2. The largest absolute Gasteiger partial charge is 0.382 e. The summed E-state index contributed by atoms with van der Waals surface area (Å²) in [6, 6.07) is 0. The van der Waals surface area contributed by atoms with E-state index in [1.54, 1.807) is 12.4 Å². The second kappa shape index (κ2) is 2.85. The van der Waals surface area contributed by atoms with Gasteiger partial charge in [0.25, 0.3) is 0 Å². The maximum atomic E-state index is 5.42. The first-order chi connectivity index (χ1) is 6.27. The quantitative estimate of drug-likeness (QED) is 0.687. The zero-order valence-corrected chi connectivity index (χ0v) is 7.18. The van der Waals surface area contributed by atoms with Gasteiger partial charge >= 0.3 is 0 Å². The van der Waals surface area contributed by atoms with E-state index in [4.69, 9.17) is 5.73 Å². The number of anilines is 1. The third-order valence-corrected chi connectivity index (χ3v) is 1.73. The Hall–Kier alpha value is -1.91. The van der Waals surface area contributed by atoms with Crippen LogP contribution in [0.25, 0.3) is 5.82 Å². The lowest BCUT2D eigenvalue weighted by Crippen LogP contribution is -2.00. The highest BCUT2D eigenvalue weighted by molar-refractivity contribution is 5.29. The Bertz CT molecular complexity index is 403. The summed E-state index contributed by atoms with van der Waals surface area (Å²) in [7, 11) is 0. The zero-order chi connectivity index (χ0) is 9.26. The number of hydrogen-bond acceptors (Lipinski definition) is 4. The molecular formula is C8H9N5. The number of nitrogens with zero attached hydrogens (tertiary/aromatic N) is 4. The minimum atomic E-state index is 0.418. The van der Waals surface area contributed by atoms with Gasteiger partial charge in [-0.1, -0.05) is 0 Å². The summed E-state index contributed by atoms with van der Waals surface area (Å²) in [4.78, 5) is 12.1. The molecule has 0 radical (unpaired) electrons. The van der Waals surface area contributed by atoms with E-state index in [1.807, 2.05) is 17.7 Å². The Balaban J connectivity index is 2.47. The van der Waals surface area contributed by atoms with Crippen LogP contribution in [0.1, 0.15) is 5.82 Å². The van der Waals surface area contributed by atoms with Crippen molar-refractivity contribution in [3.63, 3.8) is 0 Å². The second-order valence-corrected chi connectivity index (χ2v) is 2.64. The van der Waals surface area contributed by atoms with Gasteiger partial charge in [0.15, 0.2) is 5.82 Å². The van der Waals surface area contributed by atoms with Crippen molar-refractivity contribution in [1.29, 1.82) is 0 Å². The molecule has 5 heteroatoms. The molecular weight excluding hydrogens is 166 g/mol. The molecule has 2 heterocycles. The van der Waals surface area contributed by atoms with Gasteiger partial charge in [-0.2, -0.15) is 0 Å². The lowest BCUT2D eigenvalue weighted by atomic mass is 10.6. The Kier molecular flexibility index (Phi) is 1.70. The van der Waals surface area contributed by atoms with Gasteiger partial charge in [-0.05, 0) is 6.92 Å². The van der Waals surface area contributed by atoms with Crippen molar-refractivity contribution in [1.82, 2.24) is 19.5 Å². The van der Waals surface area contributed by atoms with Crippen molar-refractivity contribution in [2.75, 3.05) is 5.73 Å². The maximum Gasteiger partial charge on any atom is 0.156 e. The molecule has 0 aliphatic carbocycles. The molecule has 0 fully saturated rings. The fourth-order valence-corrected chi connectivity index (χ4v) is 1.08. The van der Waals surface area contributed by atoms with E-state index in [2.05, 4.69) is 15.0 Å². The van der Waals surface area contributed by atoms with Gasteiger partial charge in [0.1, 0.15) is 11.6 Å². The Morgan fingerprint density at radius 3 is 2.62 bits per heavy atom. The first kappa shape index (κ1) is 7.72. The summed E-state index contributed by atoms with van der Waals surface area (Å²) in [6.07, 6.45) is 6.68. The average molecular weight is 175 g/mol. The monoisotopic (exact) mass is 175 g/mol. The molecule has 0 aromatic carbocycles. The van der Waals surface area contributed by atoms with Crippen LogP contribution in [-0.4, -0.2) is 19.5 Å². The molecule has 2 rings (SSSR count). The number of hydrogen-bond donors (Lipinski definition) is 1. The molecule has 13 heavy (non-hydrogen) atoms. The van der Waals surface area contributed by atoms with Gasteiger partial charge in [-0.15, -0.1) is 0 Å². The lowest BCUT2D eigenvalue weighted by Gasteiger charge is -2.02. The van der Waals surface area contributed by atoms with Crippen LogP contribution in [0.4, 0.5) is 5.82 Å². The van der Waals surface area contributed by atoms with Crippen molar-refractivity contribution < 1.29 is 0 Å². The van der Waals surface area contributed by atoms with Gasteiger partial charge in [0.05, 0.1) is 12.4 Å². The molecule has 0 aliphatic rings. The van der Waals surface area contributed by atoms with Crippen LogP contribution in [0.2, 0.25) is 0 Å². The van der Waals surface area contributed by atoms with E-state index in [0.717, 1.165) is 11.6 Å². The second-order valence-electron chi connectivity index (χ2n) is 2.64. The first-order valence-corrected chi connectivity index (χ1v) is 3.85. The maximum absolute atomic E-state index is 5.42. The Labute approximate surface area is 75.3 Å². The van der Waals surface area contributed by atoms with Crippen LogP contribution < -0.4 is 5.73 Å². The number of rotatable bonds is 1. The number of nitrogens with two attached hydrogens (primary N) is 1. The smallest absolute Gasteiger partial charge is 0.156 e. The molecule has 5 nitrogen and oxygen atoms in total. The first-order valence-electron chi connectivity index (χ1n) is 3.85. The summed E-state index contributed by atoms with van der Waals surface area (Å²) in [5.41, 5.74) is 5.42. The van der Waals surface area contributed by atoms with Gasteiger partial charge < -0.3 is 5.73 Å². The molecule has 0 aliphatic heterocycles. The van der Waals surface area contributed by atoms with E-state index >= 15 is 0 Å². The third-order valence-electron chi connectivity index (χ3n) is 1.73. The summed E-state index contributed by atoms with van der Waals surface area (Å²) in [5.74, 6) is 2.02. The van der Waals surface area contributed by atoms with Gasteiger partial charge in [-0.3, -0.25) is 4.57 Å². The standard InChI is InChI=1S/C8H9N5/c1-6-10-2-3-13(6)8-5-11-7(9)4-12-8/h2-5H,1H3,(H2,9,11). The zero-order valence-electron chi connectivity index (χ0n) is 7.18. The summed E-state index contributed by atoms with van der Waals surface area (Å²) < 4.78 is 1.84. The molecule has 0 unspecified atom stereocenters. The fraction of sp³-hybridized carbons (Fsp3) is 0.125. The number of imidazole rings is 1. The lowest BCUT2D eigenvalue weighted by molar-refractivity contribution is 0.920. The topological polar surface area (TPSA) is 69.6 Å². The number of aromatic nitrogens is 4. The van der Waals surface area contributed by atoms with Crippen LogP contribution in [-0.2, 0) is 0 Å². The third kappa shape index (κ3) is 1.35. The van der Waals surface area contributed by atoms with Crippen molar-refractivity contribution in [2.45, 2.75) is 6.92 Å². The van der Waals surface area contributed by atoms with Crippen LogP contribution in [0.15, 0.2) is 24.8 Å². The van der Waals surface area contributed by atoms with Gasteiger partial charge in [-0.25, -0.2) is 15.0 Å². The molecule has 2 aromatic rings. The van der Waals surface area contributed by atoms with Crippen LogP contribution in [0, 0.1) is 6.92 Å². The fourth-order valence-electron chi connectivity index (χ4n) is 1.08. The average Bonchev–Trinajstić information content (AvgIpc) is 2.53. The highest BCUT2D eigenvalue weighted by atomic mass is 15.1. The molecule has 0 atom stereocenters. The summed E-state index contributed by atoms with van der Waals surface area (Å²) in [6.45, 7) is 1.90. The molecule has 0 bridgehead atoms. The Morgan fingerprint density at radius 1 is 1.23 bits per heavy atom. The molecule has 0 amide bonds. The molecule has 0 saturated heterocycles. The van der Waals surface area contributed by atoms with Crippen molar-refractivity contribution in [3.8, 4) is 5.82 Å². The number of nitrogen functional groups attached to an aromatic ring is 1. The molecule has 66 valence electrons. The van der Waals surface area contributed by atoms with Crippen LogP contribution in [0.5, 0.6) is 0 Å². The van der Waals surface area contributed by atoms with E-state index in [-0.39, 0.29) is 0 Å². The predicted octanol–water partition coefficient (Wildman–Crippen LogP) is 0.553. The highest BCUT2D eigenvalue weighted by Gasteiger charge is 2.00.